The van der Waals surface area contributed by atoms with Gasteiger partial charge in [-0.1, -0.05) is 18.2 Å². The second-order valence-electron chi connectivity index (χ2n) is 4.07. The largest absolute Gasteiger partial charge is 0.493 e. The summed E-state index contributed by atoms with van der Waals surface area (Å²) < 4.78 is 5.49. The monoisotopic (exact) mass is 246 g/mol. The zero-order valence-electron chi connectivity index (χ0n) is 9.70. The molecular formula is C12H13BNO4. The number of carbonyl (C=O) groups excluding carboxylic acids is 1. The average molecular weight is 246 g/mol. The van der Waals surface area contributed by atoms with E-state index in [0.717, 1.165) is 13.0 Å². The molecule has 1 aliphatic rings. The van der Waals surface area contributed by atoms with Crippen molar-refractivity contribution in [3.63, 3.8) is 0 Å². The summed E-state index contributed by atoms with van der Waals surface area (Å²) in [4.78, 5) is 21.6. The highest BCUT2D eigenvalue weighted by molar-refractivity contribution is 6.64. The summed E-state index contributed by atoms with van der Waals surface area (Å²) in [6.45, 7) is 0.480. The minimum Gasteiger partial charge on any atom is -0.493 e. The van der Waals surface area contributed by atoms with Crippen LogP contribution in [0.1, 0.15) is 17.9 Å². The summed E-state index contributed by atoms with van der Waals surface area (Å²) in [6, 6.07) is 6.56. The van der Waals surface area contributed by atoms with Gasteiger partial charge < -0.3 is 19.9 Å². The zero-order valence-corrected chi connectivity index (χ0v) is 9.70. The van der Waals surface area contributed by atoms with Gasteiger partial charge in [-0.15, -0.1) is 0 Å². The Kier molecular flexibility index (Phi) is 3.99. The van der Waals surface area contributed by atoms with E-state index in [0.29, 0.717) is 25.0 Å². The van der Waals surface area contributed by atoms with Crippen molar-refractivity contribution in [3.05, 3.63) is 29.8 Å². The number of rotatable bonds is 5. The average Bonchev–Trinajstić information content (AvgIpc) is 2.39. The van der Waals surface area contributed by atoms with Gasteiger partial charge in [-0.3, -0.25) is 4.79 Å². The molecule has 93 valence electrons. The van der Waals surface area contributed by atoms with Crippen molar-refractivity contribution in [3.8, 4) is 5.75 Å². The molecule has 6 heteroatoms. The molecule has 2 atom stereocenters. The third-order valence-electron chi connectivity index (χ3n) is 3.02. The molecule has 0 fully saturated rings. The Morgan fingerprint density at radius 3 is 3.06 bits per heavy atom. The van der Waals surface area contributed by atoms with Gasteiger partial charge >= 0.3 is 5.97 Å². The smallest absolute Gasteiger partial charge is 0.320 e. The fraction of sp³-hybridized carbons (Fsp3) is 0.333. The summed E-state index contributed by atoms with van der Waals surface area (Å²) in [7, 11) is 1.12. The van der Waals surface area contributed by atoms with E-state index in [9.17, 15) is 14.7 Å². The van der Waals surface area contributed by atoms with Crippen LogP contribution in [-0.2, 0) is 9.59 Å². The fourth-order valence-electron chi connectivity index (χ4n) is 2.22. The van der Waals surface area contributed by atoms with Crippen molar-refractivity contribution >= 4 is 19.6 Å². The summed E-state index contributed by atoms with van der Waals surface area (Å²) in [6.07, 6.45) is 1.15. The lowest BCUT2D eigenvalue weighted by Crippen LogP contribution is -2.45. The maximum Gasteiger partial charge on any atom is 0.320 e. The highest BCUT2D eigenvalue weighted by Crippen LogP contribution is 2.35. The topological polar surface area (TPSA) is 75.6 Å². The maximum atomic E-state index is 11.3. The Morgan fingerprint density at radius 2 is 2.33 bits per heavy atom. The minimum absolute atomic E-state index is 0.205. The number of para-hydroxylation sites is 1. The van der Waals surface area contributed by atoms with E-state index in [1.165, 1.54) is 0 Å². The van der Waals surface area contributed by atoms with Gasteiger partial charge in [0.25, 0.3) is 7.41 Å². The molecule has 0 aliphatic carbocycles. The first-order chi connectivity index (χ1) is 8.74. The van der Waals surface area contributed by atoms with Gasteiger partial charge in [-0.25, -0.2) is 0 Å². The summed E-state index contributed by atoms with van der Waals surface area (Å²) in [5.41, 5.74) is 0.864. The Hall–Kier alpha value is -1.82. The van der Waals surface area contributed by atoms with E-state index in [2.05, 4.69) is 5.23 Å². The Labute approximate surface area is 105 Å². The second-order valence-corrected chi connectivity index (χ2v) is 4.07. The molecule has 2 N–H and O–H groups in total. The van der Waals surface area contributed by atoms with E-state index in [1.807, 2.05) is 24.3 Å². The molecule has 0 saturated carbocycles. The molecule has 1 aromatic carbocycles. The molecule has 0 saturated heterocycles. The summed E-state index contributed by atoms with van der Waals surface area (Å²) >= 11 is 0. The second kappa shape index (κ2) is 5.68. The normalized spacial score (nSPS) is 19.2. The number of carboxylic acids is 1. The van der Waals surface area contributed by atoms with Crippen LogP contribution < -0.4 is 9.96 Å². The molecule has 18 heavy (non-hydrogen) atoms. The maximum absolute atomic E-state index is 11.3. The number of fused-ring (bicyclic) bond motifs is 1. The van der Waals surface area contributed by atoms with E-state index in [1.54, 1.807) is 0 Å². The molecule has 1 radical (unpaired) electrons. The number of carboxylic acid groups (broad SMARTS) is 1. The van der Waals surface area contributed by atoms with E-state index in [-0.39, 0.29) is 5.92 Å². The lowest BCUT2D eigenvalue weighted by molar-refractivity contribution is -0.139. The van der Waals surface area contributed by atoms with Crippen LogP contribution in [0.2, 0.25) is 0 Å². The molecule has 0 aromatic heterocycles. The molecule has 0 amide bonds. The standard InChI is InChI=1S/C12H13BNO4/c15-7-13-14-11(12(16)17)9-5-6-18-10-4-2-1-3-8(9)10/h1-4,7,9,11,14H,5-6H2,(H,16,17)/t9-,11+/m1/s1. The molecule has 0 unspecified atom stereocenters. The van der Waals surface area contributed by atoms with Gasteiger partial charge in [0.15, 0.2) is 0 Å². The van der Waals surface area contributed by atoms with Crippen LogP contribution in [0.15, 0.2) is 24.3 Å². The first-order valence-corrected chi connectivity index (χ1v) is 5.71. The highest BCUT2D eigenvalue weighted by Gasteiger charge is 2.32. The van der Waals surface area contributed by atoms with E-state index in [4.69, 9.17) is 4.74 Å². The lowest BCUT2D eigenvalue weighted by Gasteiger charge is -2.30. The van der Waals surface area contributed by atoms with Crippen molar-refractivity contribution < 1.29 is 19.4 Å². The van der Waals surface area contributed by atoms with Gasteiger partial charge in [0.2, 0.25) is 0 Å². The fourth-order valence-corrected chi connectivity index (χ4v) is 2.22. The van der Waals surface area contributed by atoms with Crippen LogP contribution in [0.25, 0.3) is 0 Å². The molecule has 2 rings (SSSR count). The van der Waals surface area contributed by atoms with Gasteiger partial charge in [0.05, 0.1) is 12.8 Å². The van der Waals surface area contributed by atoms with E-state index < -0.39 is 12.0 Å². The number of hydrogen-bond acceptors (Lipinski definition) is 4. The van der Waals surface area contributed by atoms with Crippen molar-refractivity contribution in [1.82, 2.24) is 5.23 Å². The third kappa shape index (κ3) is 2.54. The SMILES string of the molecule is O=C[B]N[C@H](C(=O)O)[C@@H]1CCOc2ccccc21. The van der Waals surface area contributed by atoms with Crippen molar-refractivity contribution in [1.29, 1.82) is 0 Å². The van der Waals surface area contributed by atoms with Crippen LogP contribution in [-0.4, -0.2) is 37.3 Å². The summed E-state index contributed by atoms with van der Waals surface area (Å²) in [5.74, 6) is -0.466. The van der Waals surface area contributed by atoms with Gasteiger partial charge in [-0.2, -0.15) is 0 Å². The molecule has 5 nitrogen and oxygen atoms in total. The lowest BCUT2D eigenvalue weighted by atomic mass is 9.83. The third-order valence-corrected chi connectivity index (χ3v) is 3.02. The number of carbonyl (C=O) groups is 2. The van der Waals surface area contributed by atoms with Crippen molar-refractivity contribution in [2.45, 2.75) is 18.4 Å². The van der Waals surface area contributed by atoms with Crippen LogP contribution in [0.4, 0.5) is 0 Å². The Bertz CT molecular complexity index is 451. The van der Waals surface area contributed by atoms with Crippen molar-refractivity contribution in [2.24, 2.45) is 0 Å². The molecule has 1 heterocycles. The minimum atomic E-state index is -0.977. The molecule has 1 aliphatic heterocycles. The number of nitrogens with one attached hydrogen (secondary N) is 1. The van der Waals surface area contributed by atoms with Gasteiger partial charge in [0.1, 0.15) is 11.8 Å². The molecular weight excluding hydrogens is 233 g/mol. The van der Waals surface area contributed by atoms with Crippen LogP contribution in [0.5, 0.6) is 5.75 Å². The van der Waals surface area contributed by atoms with Crippen LogP contribution >= 0.6 is 0 Å². The van der Waals surface area contributed by atoms with Crippen molar-refractivity contribution in [2.75, 3.05) is 6.61 Å². The summed E-state index contributed by atoms with van der Waals surface area (Å²) in [5, 5.41) is 11.9. The van der Waals surface area contributed by atoms with E-state index >= 15 is 0 Å². The first-order valence-electron chi connectivity index (χ1n) is 5.71. The van der Waals surface area contributed by atoms with Gasteiger partial charge in [-0.05, 0) is 18.1 Å². The zero-order chi connectivity index (χ0) is 13.0. The highest BCUT2D eigenvalue weighted by atomic mass is 16.5. The van der Waals surface area contributed by atoms with Crippen LogP contribution in [0.3, 0.4) is 0 Å². The predicted molar refractivity (Wildman–Crippen MR) is 66.4 cm³/mol. The predicted octanol–water partition coefficient (Wildman–Crippen LogP) is 0.405. The number of hydrogen-bond donors (Lipinski definition) is 2. The van der Waals surface area contributed by atoms with Gasteiger partial charge in [0, 0.05) is 5.92 Å². The number of benzene rings is 1. The quantitative estimate of drug-likeness (QED) is 0.581. The number of ether oxygens (including phenoxy) is 1. The van der Waals surface area contributed by atoms with Crippen LogP contribution in [0, 0.1) is 0 Å². The molecule has 0 spiro atoms. The Morgan fingerprint density at radius 1 is 1.56 bits per heavy atom. The Balaban J connectivity index is 2.26. The molecule has 1 aromatic rings. The number of aliphatic carboxylic acids is 1. The molecule has 0 bridgehead atoms. The first kappa shape index (κ1) is 12.6.